The molecule has 1 atom stereocenters. The molecule has 8 heteroatoms. The smallest absolute Gasteiger partial charge is 0.338 e. The van der Waals surface area contributed by atoms with Crippen LogP contribution in [0, 0.1) is 5.92 Å². The number of esters is 2. The molecule has 0 saturated carbocycles. The Hall–Kier alpha value is -4.46. The van der Waals surface area contributed by atoms with Crippen LogP contribution in [-0.2, 0) is 9.53 Å². The first kappa shape index (κ1) is 29.1. The zero-order valence-electron chi connectivity index (χ0n) is 22.4. The molecule has 0 fully saturated rings. The number of benzene rings is 3. The van der Waals surface area contributed by atoms with Crippen LogP contribution in [0.4, 0.5) is 11.4 Å². The van der Waals surface area contributed by atoms with Gasteiger partial charge < -0.3 is 30.4 Å². The average molecular weight is 533 g/mol. The van der Waals surface area contributed by atoms with Gasteiger partial charge in [0.05, 0.1) is 25.4 Å². The van der Waals surface area contributed by atoms with E-state index in [0.29, 0.717) is 54.0 Å². The van der Waals surface area contributed by atoms with Crippen LogP contribution in [0.1, 0.15) is 49.0 Å². The summed E-state index contributed by atoms with van der Waals surface area (Å²) < 4.78 is 22.0. The summed E-state index contributed by atoms with van der Waals surface area (Å²) in [7, 11) is 0. The average Bonchev–Trinajstić information content (AvgIpc) is 2.92. The number of nitrogen functional groups attached to an aromatic ring is 2. The minimum absolute atomic E-state index is 0.199. The summed E-state index contributed by atoms with van der Waals surface area (Å²) in [6.07, 6.45) is 5.69. The molecule has 3 rings (SSSR count). The monoisotopic (exact) mass is 532 g/mol. The van der Waals surface area contributed by atoms with Gasteiger partial charge in [0.25, 0.3) is 0 Å². The first-order valence-corrected chi connectivity index (χ1v) is 13.0. The van der Waals surface area contributed by atoms with Crippen molar-refractivity contribution in [1.29, 1.82) is 0 Å². The molecule has 3 aromatic carbocycles. The Kier molecular flexibility index (Phi) is 11.2. The van der Waals surface area contributed by atoms with E-state index >= 15 is 0 Å². The van der Waals surface area contributed by atoms with Crippen molar-refractivity contribution in [3.8, 4) is 17.2 Å². The summed E-state index contributed by atoms with van der Waals surface area (Å²) >= 11 is 0. The van der Waals surface area contributed by atoms with Crippen LogP contribution in [0.25, 0.3) is 6.08 Å². The number of carbonyl (C=O) groups is 2. The zero-order chi connectivity index (χ0) is 28.0. The standard InChI is InChI=1S/C31H36N2O6/c1-3-22(2)15-18-37-28-10-12-29(13-11-28)39-30(34)14-7-23-5-8-27(9-6-23)36-16-4-17-38-31(35)24-19-25(32)21-26(33)20-24/h5-14,19-22H,3-4,15-18,32-33H2,1-2H3. The molecule has 0 aliphatic heterocycles. The van der Waals surface area contributed by atoms with E-state index in [1.54, 1.807) is 48.5 Å². The van der Waals surface area contributed by atoms with E-state index in [9.17, 15) is 9.59 Å². The van der Waals surface area contributed by atoms with Crippen molar-refractivity contribution >= 4 is 29.4 Å². The van der Waals surface area contributed by atoms with E-state index in [-0.39, 0.29) is 6.61 Å². The molecule has 39 heavy (non-hydrogen) atoms. The molecule has 1 unspecified atom stereocenters. The molecular formula is C31H36N2O6. The van der Waals surface area contributed by atoms with Gasteiger partial charge in [0, 0.05) is 23.9 Å². The highest BCUT2D eigenvalue weighted by molar-refractivity contribution is 5.91. The molecule has 0 aromatic heterocycles. The Morgan fingerprint density at radius 1 is 0.821 bits per heavy atom. The minimum atomic E-state index is -0.484. The van der Waals surface area contributed by atoms with Crippen molar-refractivity contribution < 1.29 is 28.5 Å². The van der Waals surface area contributed by atoms with Gasteiger partial charge in [-0.05, 0) is 78.6 Å². The Bertz CT molecular complexity index is 1220. The summed E-state index contributed by atoms with van der Waals surface area (Å²) in [6.45, 7) is 5.60. The van der Waals surface area contributed by atoms with E-state index in [4.69, 9.17) is 30.4 Å². The van der Waals surface area contributed by atoms with Crippen molar-refractivity contribution in [3.63, 3.8) is 0 Å². The van der Waals surface area contributed by atoms with Gasteiger partial charge in [-0.3, -0.25) is 0 Å². The maximum Gasteiger partial charge on any atom is 0.338 e. The molecule has 4 N–H and O–H groups in total. The van der Waals surface area contributed by atoms with Crippen molar-refractivity contribution in [2.45, 2.75) is 33.1 Å². The fraction of sp³-hybridized carbons (Fsp3) is 0.290. The third-order valence-electron chi connectivity index (χ3n) is 5.91. The van der Waals surface area contributed by atoms with E-state index in [1.807, 2.05) is 12.1 Å². The first-order valence-electron chi connectivity index (χ1n) is 13.0. The largest absolute Gasteiger partial charge is 0.494 e. The fourth-order valence-electron chi connectivity index (χ4n) is 3.47. The minimum Gasteiger partial charge on any atom is -0.494 e. The SMILES string of the molecule is CCC(C)CCOc1ccc(OC(=O)C=Cc2ccc(OCCCOC(=O)c3cc(N)cc(N)c3)cc2)cc1. The van der Waals surface area contributed by atoms with Crippen LogP contribution in [0.3, 0.4) is 0 Å². The summed E-state index contributed by atoms with van der Waals surface area (Å²) in [6, 6.07) is 18.9. The summed E-state index contributed by atoms with van der Waals surface area (Å²) in [5, 5.41) is 0. The number of hydrogen-bond acceptors (Lipinski definition) is 8. The predicted molar refractivity (Wildman–Crippen MR) is 153 cm³/mol. The van der Waals surface area contributed by atoms with Crippen molar-refractivity contribution in [1.82, 2.24) is 0 Å². The molecule has 3 aromatic rings. The highest BCUT2D eigenvalue weighted by atomic mass is 16.5. The summed E-state index contributed by atoms with van der Waals surface area (Å²) in [5.74, 6) is 1.53. The Morgan fingerprint density at radius 2 is 1.41 bits per heavy atom. The number of anilines is 2. The van der Waals surface area contributed by atoms with Gasteiger partial charge >= 0.3 is 11.9 Å². The number of rotatable bonds is 14. The molecule has 0 aliphatic rings. The fourth-order valence-corrected chi connectivity index (χ4v) is 3.47. The normalized spacial score (nSPS) is 11.6. The summed E-state index contributed by atoms with van der Waals surface area (Å²) in [5.41, 5.74) is 13.4. The van der Waals surface area contributed by atoms with Gasteiger partial charge in [0.2, 0.25) is 0 Å². The van der Waals surface area contributed by atoms with Crippen molar-refractivity contribution in [2.24, 2.45) is 5.92 Å². The van der Waals surface area contributed by atoms with Crippen LogP contribution >= 0.6 is 0 Å². The molecule has 0 bridgehead atoms. The topological polar surface area (TPSA) is 123 Å². The molecule has 0 saturated heterocycles. The van der Waals surface area contributed by atoms with Gasteiger partial charge in [0.15, 0.2) is 0 Å². The molecule has 0 aliphatic carbocycles. The number of carbonyl (C=O) groups excluding carboxylic acids is 2. The van der Waals surface area contributed by atoms with Crippen LogP contribution < -0.4 is 25.7 Å². The first-order chi connectivity index (χ1) is 18.8. The predicted octanol–water partition coefficient (Wildman–Crippen LogP) is 5.91. The second-order valence-electron chi connectivity index (χ2n) is 9.17. The van der Waals surface area contributed by atoms with Gasteiger partial charge in [-0.15, -0.1) is 0 Å². The van der Waals surface area contributed by atoms with E-state index in [2.05, 4.69) is 13.8 Å². The zero-order valence-corrected chi connectivity index (χ0v) is 22.4. The van der Waals surface area contributed by atoms with Crippen molar-refractivity contribution in [3.05, 3.63) is 83.9 Å². The third kappa shape index (κ3) is 10.4. The lowest BCUT2D eigenvalue weighted by Gasteiger charge is -2.10. The number of hydrogen-bond donors (Lipinski definition) is 2. The Balaban J connectivity index is 1.35. The lowest BCUT2D eigenvalue weighted by molar-refractivity contribution is -0.128. The molecule has 206 valence electrons. The van der Waals surface area contributed by atoms with Gasteiger partial charge in [0.1, 0.15) is 17.2 Å². The number of nitrogens with two attached hydrogens (primary N) is 2. The summed E-state index contributed by atoms with van der Waals surface area (Å²) in [4.78, 5) is 24.3. The van der Waals surface area contributed by atoms with E-state index in [0.717, 1.165) is 24.2 Å². The number of ether oxygens (including phenoxy) is 4. The van der Waals surface area contributed by atoms with Crippen LogP contribution in [-0.4, -0.2) is 31.8 Å². The van der Waals surface area contributed by atoms with E-state index < -0.39 is 11.9 Å². The van der Waals surface area contributed by atoms with Gasteiger partial charge in [-0.2, -0.15) is 0 Å². The molecule has 0 spiro atoms. The second kappa shape index (κ2) is 15.1. The molecule has 0 amide bonds. The Labute approximate surface area is 229 Å². The maximum atomic E-state index is 12.2. The molecular weight excluding hydrogens is 496 g/mol. The lowest BCUT2D eigenvalue weighted by Crippen LogP contribution is -2.10. The van der Waals surface area contributed by atoms with Crippen molar-refractivity contribution in [2.75, 3.05) is 31.3 Å². The van der Waals surface area contributed by atoms with Crippen LogP contribution in [0.2, 0.25) is 0 Å². The van der Waals surface area contributed by atoms with Crippen LogP contribution in [0.15, 0.2) is 72.8 Å². The van der Waals surface area contributed by atoms with E-state index in [1.165, 1.54) is 18.2 Å². The third-order valence-corrected chi connectivity index (χ3v) is 5.91. The van der Waals surface area contributed by atoms with Gasteiger partial charge in [-0.25, -0.2) is 9.59 Å². The maximum absolute atomic E-state index is 12.2. The molecule has 0 radical (unpaired) electrons. The highest BCUT2D eigenvalue weighted by Gasteiger charge is 2.09. The Morgan fingerprint density at radius 3 is 2.05 bits per heavy atom. The second-order valence-corrected chi connectivity index (χ2v) is 9.17. The highest BCUT2D eigenvalue weighted by Crippen LogP contribution is 2.19. The molecule has 8 nitrogen and oxygen atoms in total. The quantitative estimate of drug-likeness (QED) is 0.0863. The molecule has 0 heterocycles. The van der Waals surface area contributed by atoms with Gasteiger partial charge in [-0.1, -0.05) is 32.4 Å². The van der Waals surface area contributed by atoms with Crippen LogP contribution in [0.5, 0.6) is 17.2 Å². The lowest BCUT2D eigenvalue weighted by atomic mass is 10.1.